The molecule has 18 heavy (non-hydrogen) atoms. The number of aromatic nitrogens is 1. The van der Waals surface area contributed by atoms with Crippen LogP contribution in [0.5, 0.6) is 0 Å². The van der Waals surface area contributed by atoms with Crippen LogP contribution < -0.4 is 5.32 Å². The fraction of sp³-hybridized carbons (Fsp3) is 0.182. The normalized spacial score (nSPS) is 12.1. The number of nitrogens with zero attached hydrogens (tertiary/aromatic N) is 1. The maximum Gasteiger partial charge on any atom is 0.355 e. The van der Waals surface area contributed by atoms with Gasteiger partial charge in [0.15, 0.2) is 5.69 Å². The second-order valence-electron chi connectivity index (χ2n) is 3.58. The fourth-order valence-corrected chi connectivity index (χ4v) is 2.12. The monoisotopic (exact) mass is 266 g/mol. The van der Waals surface area contributed by atoms with E-state index >= 15 is 0 Å². The van der Waals surface area contributed by atoms with Gasteiger partial charge in [0.2, 0.25) is 0 Å². The third-order valence-corrected chi connectivity index (χ3v) is 3.27. The standard InChI is InChI=1S/C11H10N2O4S/c1-6(10-13-8(5-18-10)11(15)16)12-9(14)7-2-3-17-4-7/h2-6H,1H3,(H,12,14)(H,15,16). The van der Waals surface area contributed by atoms with E-state index in [1.807, 2.05) is 0 Å². The van der Waals surface area contributed by atoms with Crippen LogP contribution in [-0.2, 0) is 0 Å². The Morgan fingerprint density at radius 3 is 2.89 bits per heavy atom. The summed E-state index contributed by atoms with van der Waals surface area (Å²) in [4.78, 5) is 26.3. The molecule has 0 aromatic carbocycles. The first-order chi connectivity index (χ1) is 8.58. The molecule has 7 heteroatoms. The van der Waals surface area contributed by atoms with Crippen LogP contribution in [0.15, 0.2) is 28.4 Å². The lowest BCUT2D eigenvalue weighted by Crippen LogP contribution is -2.26. The van der Waals surface area contributed by atoms with Gasteiger partial charge in [0.1, 0.15) is 11.3 Å². The summed E-state index contributed by atoms with van der Waals surface area (Å²) in [5.41, 5.74) is 0.399. The van der Waals surface area contributed by atoms with E-state index < -0.39 is 5.97 Å². The molecule has 0 bridgehead atoms. The van der Waals surface area contributed by atoms with Gasteiger partial charge in [-0.1, -0.05) is 0 Å². The highest BCUT2D eigenvalue weighted by Crippen LogP contribution is 2.18. The molecular weight excluding hydrogens is 256 g/mol. The van der Waals surface area contributed by atoms with Gasteiger partial charge in [-0.25, -0.2) is 9.78 Å². The Morgan fingerprint density at radius 1 is 1.56 bits per heavy atom. The van der Waals surface area contributed by atoms with Crippen molar-refractivity contribution in [1.82, 2.24) is 10.3 Å². The highest BCUT2D eigenvalue weighted by molar-refractivity contribution is 7.09. The number of nitrogens with one attached hydrogen (secondary N) is 1. The number of hydrogen-bond donors (Lipinski definition) is 2. The summed E-state index contributed by atoms with van der Waals surface area (Å²) in [5, 5.41) is 13.5. The summed E-state index contributed by atoms with van der Waals surface area (Å²) >= 11 is 1.20. The number of carboxylic acids is 1. The van der Waals surface area contributed by atoms with Crippen LogP contribution in [0.25, 0.3) is 0 Å². The molecule has 2 aromatic rings. The number of rotatable bonds is 4. The number of carbonyl (C=O) groups excluding carboxylic acids is 1. The first kappa shape index (κ1) is 12.3. The van der Waals surface area contributed by atoms with Crippen molar-refractivity contribution in [3.05, 3.63) is 40.2 Å². The molecule has 0 saturated heterocycles. The summed E-state index contributed by atoms with van der Waals surface area (Å²) in [6.45, 7) is 1.74. The molecule has 1 amide bonds. The molecule has 94 valence electrons. The van der Waals surface area contributed by atoms with Gasteiger partial charge in [-0.3, -0.25) is 4.79 Å². The number of furan rings is 1. The number of carboxylic acid groups (broad SMARTS) is 1. The topological polar surface area (TPSA) is 92.4 Å². The van der Waals surface area contributed by atoms with E-state index in [-0.39, 0.29) is 17.6 Å². The molecule has 0 aliphatic rings. The van der Waals surface area contributed by atoms with Gasteiger partial charge < -0.3 is 14.8 Å². The molecule has 2 heterocycles. The Balaban J connectivity index is 2.05. The summed E-state index contributed by atoms with van der Waals surface area (Å²) in [7, 11) is 0. The first-order valence-corrected chi connectivity index (χ1v) is 5.97. The van der Waals surface area contributed by atoms with Gasteiger partial charge in [0.25, 0.3) is 5.91 Å². The molecule has 6 nitrogen and oxygen atoms in total. The Hall–Kier alpha value is -2.15. The van der Waals surface area contributed by atoms with Crippen molar-refractivity contribution >= 4 is 23.2 Å². The molecule has 0 fully saturated rings. The molecule has 0 aliphatic heterocycles. The SMILES string of the molecule is CC(NC(=O)c1ccoc1)c1nc(C(=O)O)cs1. The summed E-state index contributed by atoms with van der Waals surface area (Å²) in [6, 6.07) is 1.19. The van der Waals surface area contributed by atoms with Crippen molar-refractivity contribution in [1.29, 1.82) is 0 Å². The molecule has 2 aromatic heterocycles. The van der Waals surface area contributed by atoms with Crippen LogP contribution in [0, 0.1) is 0 Å². The van der Waals surface area contributed by atoms with Crippen LogP contribution in [0.3, 0.4) is 0 Å². The molecule has 0 aliphatic carbocycles. The van der Waals surface area contributed by atoms with E-state index in [1.165, 1.54) is 29.2 Å². The largest absolute Gasteiger partial charge is 0.476 e. The van der Waals surface area contributed by atoms with E-state index in [0.717, 1.165) is 0 Å². The van der Waals surface area contributed by atoms with Crippen molar-refractivity contribution in [2.45, 2.75) is 13.0 Å². The summed E-state index contributed by atoms with van der Waals surface area (Å²) in [6.07, 6.45) is 2.75. The highest BCUT2D eigenvalue weighted by Gasteiger charge is 2.17. The molecule has 1 unspecified atom stereocenters. The second kappa shape index (κ2) is 5.01. The minimum Gasteiger partial charge on any atom is -0.476 e. The van der Waals surface area contributed by atoms with E-state index in [9.17, 15) is 9.59 Å². The number of amides is 1. The van der Waals surface area contributed by atoms with E-state index in [1.54, 1.807) is 13.0 Å². The first-order valence-electron chi connectivity index (χ1n) is 5.09. The van der Waals surface area contributed by atoms with E-state index in [0.29, 0.717) is 10.6 Å². The number of thiazole rings is 1. The van der Waals surface area contributed by atoms with Crippen molar-refractivity contribution in [2.24, 2.45) is 0 Å². The minimum absolute atomic E-state index is 0.0144. The van der Waals surface area contributed by atoms with E-state index in [2.05, 4.69) is 10.3 Å². The van der Waals surface area contributed by atoms with Crippen LogP contribution in [0.2, 0.25) is 0 Å². The van der Waals surface area contributed by atoms with Crippen molar-refractivity contribution in [3.8, 4) is 0 Å². The zero-order valence-electron chi connectivity index (χ0n) is 9.41. The van der Waals surface area contributed by atoms with Crippen LogP contribution in [0.1, 0.15) is 38.8 Å². The second-order valence-corrected chi connectivity index (χ2v) is 4.47. The fourth-order valence-electron chi connectivity index (χ4n) is 1.32. The van der Waals surface area contributed by atoms with Gasteiger partial charge >= 0.3 is 5.97 Å². The van der Waals surface area contributed by atoms with Gasteiger partial charge in [-0.15, -0.1) is 11.3 Å². The van der Waals surface area contributed by atoms with Gasteiger partial charge in [0, 0.05) is 5.38 Å². The quantitative estimate of drug-likeness (QED) is 0.882. The zero-order valence-corrected chi connectivity index (χ0v) is 10.2. The summed E-state index contributed by atoms with van der Waals surface area (Å²) in [5.74, 6) is -1.37. The lowest BCUT2D eigenvalue weighted by molar-refractivity contribution is 0.0691. The molecule has 0 saturated carbocycles. The van der Waals surface area contributed by atoms with E-state index in [4.69, 9.17) is 9.52 Å². The van der Waals surface area contributed by atoms with Gasteiger partial charge in [-0.2, -0.15) is 0 Å². The molecular formula is C11H10N2O4S. The summed E-state index contributed by atoms with van der Waals surface area (Å²) < 4.78 is 4.81. The lowest BCUT2D eigenvalue weighted by Gasteiger charge is -2.09. The van der Waals surface area contributed by atoms with Gasteiger partial charge in [0.05, 0.1) is 17.9 Å². The number of carbonyl (C=O) groups is 2. The zero-order chi connectivity index (χ0) is 13.1. The average molecular weight is 266 g/mol. The molecule has 2 N–H and O–H groups in total. The number of hydrogen-bond acceptors (Lipinski definition) is 5. The number of aromatic carboxylic acids is 1. The average Bonchev–Trinajstić information content (AvgIpc) is 3.00. The van der Waals surface area contributed by atoms with Crippen molar-refractivity contribution in [3.63, 3.8) is 0 Å². The predicted octanol–water partition coefficient (Wildman–Crippen LogP) is 1.93. The third kappa shape index (κ3) is 2.57. The predicted molar refractivity (Wildman–Crippen MR) is 63.7 cm³/mol. The maximum atomic E-state index is 11.7. The Morgan fingerprint density at radius 2 is 2.33 bits per heavy atom. The van der Waals surface area contributed by atoms with Crippen LogP contribution >= 0.6 is 11.3 Å². The Bertz CT molecular complexity index is 561. The van der Waals surface area contributed by atoms with Gasteiger partial charge in [-0.05, 0) is 13.0 Å². The highest BCUT2D eigenvalue weighted by atomic mass is 32.1. The molecule has 2 rings (SSSR count). The third-order valence-electron chi connectivity index (χ3n) is 2.24. The smallest absolute Gasteiger partial charge is 0.355 e. The maximum absolute atomic E-state index is 11.7. The van der Waals surface area contributed by atoms with Crippen LogP contribution in [0.4, 0.5) is 0 Å². The molecule has 0 spiro atoms. The lowest BCUT2D eigenvalue weighted by atomic mass is 10.3. The Labute approximate surface area is 106 Å². The van der Waals surface area contributed by atoms with Crippen LogP contribution in [-0.4, -0.2) is 22.0 Å². The van der Waals surface area contributed by atoms with Crippen molar-refractivity contribution in [2.75, 3.05) is 0 Å². The van der Waals surface area contributed by atoms with Crippen molar-refractivity contribution < 1.29 is 19.1 Å². The molecule has 0 radical (unpaired) electrons. The molecule has 1 atom stereocenters. The Kier molecular flexibility index (Phi) is 3.42. The minimum atomic E-state index is -1.08.